The molecule has 1 amide bonds. The number of phenols is 1. The quantitative estimate of drug-likeness (QED) is 0.454. The standard InChI is InChI=1S/C23H22N2O4/c1-28-22-13-19(9-12-21(22)29-16-18-5-3-2-4-6-18)15-24-25-23(27)14-17-7-10-20(26)11-8-17/h2-13,15,26H,14,16H2,1H3,(H,25,27)/b24-15-. The molecule has 0 aromatic heterocycles. The molecule has 0 aliphatic carbocycles. The first-order valence-electron chi connectivity index (χ1n) is 9.08. The SMILES string of the molecule is COc1cc(/C=N\NC(=O)Cc2ccc(O)cc2)ccc1OCc1ccccc1. The van der Waals surface area contributed by atoms with E-state index >= 15 is 0 Å². The Morgan fingerprint density at radius 3 is 2.48 bits per heavy atom. The lowest BCUT2D eigenvalue weighted by Crippen LogP contribution is -2.19. The van der Waals surface area contributed by atoms with Crippen LogP contribution in [0.2, 0.25) is 0 Å². The molecule has 6 heteroatoms. The number of hydrazone groups is 1. The molecule has 3 aromatic carbocycles. The molecule has 0 heterocycles. The van der Waals surface area contributed by atoms with E-state index in [1.807, 2.05) is 36.4 Å². The minimum absolute atomic E-state index is 0.164. The molecule has 0 saturated heterocycles. The van der Waals surface area contributed by atoms with Crippen molar-refractivity contribution >= 4 is 12.1 Å². The molecule has 3 aromatic rings. The molecule has 0 aliphatic rings. The summed E-state index contributed by atoms with van der Waals surface area (Å²) in [4.78, 5) is 12.0. The molecular weight excluding hydrogens is 368 g/mol. The second kappa shape index (κ2) is 9.94. The summed E-state index contributed by atoms with van der Waals surface area (Å²) in [6.07, 6.45) is 1.71. The molecule has 0 bridgehead atoms. The maximum atomic E-state index is 12.0. The molecule has 0 spiro atoms. The van der Waals surface area contributed by atoms with Crippen molar-refractivity contribution in [1.82, 2.24) is 5.43 Å². The zero-order valence-electron chi connectivity index (χ0n) is 16.0. The molecule has 0 saturated carbocycles. The molecule has 3 rings (SSSR count). The van der Waals surface area contributed by atoms with Gasteiger partial charge in [0.15, 0.2) is 11.5 Å². The van der Waals surface area contributed by atoms with Crippen LogP contribution in [0, 0.1) is 0 Å². The Bertz CT molecular complexity index is 970. The van der Waals surface area contributed by atoms with E-state index in [1.165, 1.54) is 6.21 Å². The number of benzene rings is 3. The number of phenolic OH excluding ortho intramolecular Hbond substituents is 1. The van der Waals surface area contributed by atoms with Crippen molar-refractivity contribution in [3.05, 3.63) is 89.5 Å². The summed E-state index contributed by atoms with van der Waals surface area (Å²) >= 11 is 0. The molecular formula is C23H22N2O4. The van der Waals surface area contributed by atoms with E-state index in [-0.39, 0.29) is 18.1 Å². The summed E-state index contributed by atoms with van der Waals surface area (Å²) in [6, 6.07) is 21.8. The van der Waals surface area contributed by atoms with Gasteiger partial charge in [-0.25, -0.2) is 5.43 Å². The van der Waals surface area contributed by atoms with Crippen molar-refractivity contribution in [2.75, 3.05) is 7.11 Å². The first-order valence-corrected chi connectivity index (χ1v) is 9.08. The van der Waals surface area contributed by atoms with Crippen molar-refractivity contribution in [1.29, 1.82) is 0 Å². The summed E-state index contributed by atoms with van der Waals surface area (Å²) < 4.78 is 11.2. The average molecular weight is 390 g/mol. The number of nitrogens with one attached hydrogen (secondary N) is 1. The number of hydrogen-bond donors (Lipinski definition) is 2. The molecule has 0 aliphatic heterocycles. The monoisotopic (exact) mass is 390 g/mol. The van der Waals surface area contributed by atoms with Gasteiger partial charge in [-0.05, 0) is 47.0 Å². The van der Waals surface area contributed by atoms with Gasteiger partial charge in [-0.1, -0.05) is 42.5 Å². The van der Waals surface area contributed by atoms with Gasteiger partial charge in [0.1, 0.15) is 12.4 Å². The lowest BCUT2D eigenvalue weighted by molar-refractivity contribution is -0.120. The van der Waals surface area contributed by atoms with E-state index in [2.05, 4.69) is 10.5 Å². The third-order valence-corrected chi connectivity index (χ3v) is 4.13. The van der Waals surface area contributed by atoms with Crippen LogP contribution in [0.3, 0.4) is 0 Å². The second-order valence-electron chi connectivity index (χ2n) is 6.32. The lowest BCUT2D eigenvalue weighted by Gasteiger charge is -2.11. The Morgan fingerprint density at radius 2 is 1.76 bits per heavy atom. The molecule has 148 valence electrons. The minimum atomic E-state index is -0.248. The van der Waals surface area contributed by atoms with Crippen LogP contribution in [0.4, 0.5) is 0 Å². The molecule has 2 N–H and O–H groups in total. The Hall–Kier alpha value is -3.80. The summed E-state index contributed by atoms with van der Waals surface area (Å²) in [5, 5.41) is 13.3. The first kappa shape index (κ1) is 19.9. The van der Waals surface area contributed by atoms with Gasteiger partial charge in [0.25, 0.3) is 0 Å². The average Bonchev–Trinajstić information content (AvgIpc) is 2.75. The Kier molecular flexibility index (Phi) is 6.84. The van der Waals surface area contributed by atoms with Gasteiger partial charge in [0, 0.05) is 0 Å². The molecule has 0 atom stereocenters. The normalized spacial score (nSPS) is 10.7. The topological polar surface area (TPSA) is 80.2 Å². The van der Waals surface area contributed by atoms with Crippen LogP contribution in [0.15, 0.2) is 77.9 Å². The van der Waals surface area contributed by atoms with Gasteiger partial charge in [0.2, 0.25) is 5.91 Å². The van der Waals surface area contributed by atoms with Gasteiger partial charge in [-0.15, -0.1) is 0 Å². The van der Waals surface area contributed by atoms with E-state index in [0.29, 0.717) is 18.1 Å². The van der Waals surface area contributed by atoms with E-state index in [4.69, 9.17) is 9.47 Å². The second-order valence-corrected chi connectivity index (χ2v) is 6.32. The number of hydrogen-bond acceptors (Lipinski definition) is 5. The predicted octanol–water partition coefficient (Wildman–Crippen LogP) is 3.67. The van der Waals surface area contributed by atoms with Crippen molar-refractivity contribution in [2.45, 2.75) is 13.0 Å². The Labute approximate surface area is 169 Å². The fourth-order valence-electron chi connectivity index (χ4n) is 2.64. The third-order valence-electron chi connectivity index (χ3n) is 4.13. The fraction of sp³-hybridized carbons (Fsp3) is 0.130. The van der Waals surface area contributed by atoms with Crippen LogP contribution in [0.5, 0.6) is 17.2 Å². The lowest BCUT2D eigenvalue weighted by atomic mass is 10.1. The van der Waals surface area contributed by atoms with E-state index < -0.39 is 0 Å². The number of carbonyl (C=O) groups excluding carboxylic acids is 1. The summed E-state index contributed by atoms with van der Waals surface area (Å²) in [7, 11) is 1.57. The number of amides is 1. The third kappa shape index (κ3) is 6.10. The highest BCUT2D eigenvalue weighted by Gasteiger charge is 2.06. The largest absolute Gasteiger partial charge is 0.508 e. The summed E-state index contributed by atoms with van der Waals surface area (Å²) in [5.41, 5.74) is 5.11. The number of ether oxygens (including phenoxy) is 2. The molecule has 0 radical (unpaired) electrons. The highest BCUT2D eigenvalue weighted by molar-refractivity contribution is 5.84. The zero-order chi connectivity index (χ0) is 20.5. The highest BCUT2D eigenvalue weighted by Crippen LogP contribution is 2.28. The number of nitrogens with zero attached hydrogens (tertiary/aromatic N) is 1. The predicted molar refractivity (Wildman–Crippen MR) is 111 cm³/mol. The van der Waals surface area contributed by atoms with Gasteiger partial charge in [-0.3, -0.25) is 4.79 Å². The zero-order valence-corrected chi connectivity index (χ0v) is 16.0. The minimum Gasteiger partial charge on any atom is -0.508 e. The van der Waals surface area contributed by atoms with Crippen LogP contribution in [-0.4, -0.2) is 24.3 Å². The van der Waals surface area contributed by atoms with Crippen LogP contribution < -0.4 is 14.9 Å². The van der Waals surface area contributed by atoms with E-state index in [9.17, 15) is 9.90 Å². The smallest absolute Gasteiger partial charge is 0.244 e. The van der Waals surface area contributed by atoms with Crippen molar-refractivity contribution in [3.8, 4) is 17.2 Å². The van der Waals surface area contributed by atoms with Crippen molar-refractivity contribution in [2.24, 2.45) is 5.10 Å². The molecule has 29 heavy (non-hydrogen) atoms. The van der Waals surface area contributed by atoms with E-state index in [1.54, 1.807) is 43.5 Å². The molecule has 6 nitrogen and oxygen atoms in total. The molecule has 0 fully saturated rings. The van der Waals surface area contributed by atoms with E-state index in [0.717, 1.165) is 16.7 Å². The van der Waals surface area contributed by atoms with Gasteiger partial charge >= 0.3 is 0 Å². The maximum Gasteiger partial charge on any atom is 0.244 e. The summed E-state index contributed by atoms with van der Waals surface area (Å²) in [6.45, 7) is 0.442. The van der Waals surface area contributed by atoms with Crippen molar-refractivity contribution < 1.29 is 19.4 Å². The number of rotatable bonds is 8. The number of methoxy groups -OCH3 is 1. The molecule has 0 unspecified atom stereocenters. The first-order chi connectivity index (χ1) is 14.1. The number of aromatic hydroxyl groups is 1. The van der Waals surface area contributed by atoms with Gasteiger partial charge in [0.05, 0.1) is 19.7 Å². The highest BCUT2D eigenvalue weighted by atomic mass is 16.5. The maximum absolute atomic E-state index is 12.0. The Morgan fingerprint density at radius 1 is 1.00 bits per heavy atom. The fourth-order valence-corrected chi connectivity index (χ4v) is 2.64. The van der Waals surface area contributed by atoms with Crippen molar-refractivity contribution in [3.63, 3.8) is 0 Å². The van der Waals surface area contributed by atoms with Crippen LogP contribution in [0.1, 0.15) is 16.7 Å². The van der Waals surface area contributed by atoms with Gasteiger partial charge in [-0.2, -0.15) is 5.10 Å². The van der Waals surface area contributed by atoms with Gasteiger partial charge < -0.3 is 14.6 Å². The van der Waals surface area contributed by atoms with Crippen LogP contribution in [0.25, 0.3) is 0 Å². The Balaban J connectivity index is 1.56. The number of carbonyl (C=O) groups is 1. The summed E-state index contributed by atoms with van der Waals surface area (Å²) in [5.74, 6) is 1.13. The van der Waals surface area contributed by atoms with Crippen LogP contribution in [-0.2, 0) is 17.8 Å². The van der Waals surface area contributed by atoms with Crippen LogP contribution >= 0.6 is 0 Å².